The highest BCUT2D eigenvalue weighted by Crippen LogP contribution is 2.34. The molecule has 0 amide bonds. The molecule has 3 aromatic rings. The summed E-state index contributed by atoms with van der Waals surface area (Å²) in [5.41, 5.74) is -0.394. The Labute approximate surface area is 159 Å². The Bertz CT molecular complexity index is 986. The molecular formula is C22H12F4N2. The van der Waals surface area contributed by atoms with Crippen LogP contribution in [-0.4, -0.2) is 0 Å². The Kier molecular flexibility index (Phi) is 5.24. The van der Waals surface area contributed by atoms with Gasteiger partial charge in [-0.25, -0.2) is 17.6 Å². The molecule has 2 N–H and O–H groups in total. The molecule has 0 aliphatic heterocycles. The number of hydrogen-bond acceptors (Lipinski definition) is 2. The van der Waals surface area contributed by atoms with Crippen molar-refractivity contribution < 1.29 is 17.6 Å². The fourth-order valence-corrected chi connectivity index (χ4v) is 2.44. The predicted octanol–water partition coefficient (Wildman–Crippen LogP) is 5.69. The van der Waals surface area contributed by atoms with Crippen molar-refractivity contribution in [2.75, 3.05) is 10.6 Å². The highest BCUT2D eigenvalue weighted by molar-refractivity contribution is 5.69. The first-order valence-corrected chi connectivity index (χ1v) is 7.98. The predicted molar refractivity (Wildman–Crippen MR) is 102 cm³/mol. The second kappa shape index (κ2) is 7.77. The van der Waals surface area contributed by atoms with Gasteiger partial charge in [-0.3, -0.25) is 0 Å². The van der Waals surface area contributed by atoms with Crippen molar-refractivity contribution in [3.8, 4) is 24.7 Å². The first-order valence-electron chi connectivity index (χ1n) is 7.98. The Balaban J connectivity index is 1.96. The van der Waals surface area contributed by atoms with E-state index in [0.717, 1.165) is 0 Å². The van der Waals surface area contributed by atoms with E-state index in [9.17, 15) is 17.6 Å². The van der Waals surface area contributed by atoms with Crippen LogP contribution in [0.4, 0.5) is 40.3 Å². The standard InChI is InChI=1S/C22H12F4N2/c1-3-13-5-9-15(10-6-13)27-21-17(23)19(25)22(20(26)18(21)24)28-16-11-7-14(4-2)8-12-16/h1-2,5-12,27-28H. The summed E-state index contributed by atoms with van der Waals surface area (Å²) in [6, 6.07) is 11.8. The number of benzene rings is 3. The quantitative estimate of drug-likeness (QED) is 0.345. The molecule has 6 heteroatoms. The molecule has 0 aliphatic rings. The SMILES string of the molecule is C#Cc1ccc(Nc2c(F)c(F)c(Nc3ccc(C#C)cc3)c(F)c2F)cc1. The third-order valence-electron chi connectivity index (χ3n) is 3.91. The van der Waals surface area contributed by atoms with Gasteiger partial charge in [0.05, 0.1) is 0 Å². The average molecular weight is 380 g/mol. The van der Waals surface area contributed by atoms with Crippen LogP contribution in [0.15, 0.2) is 48.5 Å². The largest absolute Gasteiger partial charge is 0.351 e. The van der Waals surface area contributed by atoms with Gasteiger partial charge in [-0.1, -0.05) is 11.8 Å². The van der Waals surface area contributed by atoms with Crippen molar-refractivity contribution in [1.82, 2.24) is 0 Å². The first-order chi connectivity index (χ1) is 13.4. The summed E-state index contributed by atoms with van der Waals surface area (Å²) >= 11 is 0. The van der Waals surface area contributed by atoms with E-state index in [0.29, 0.717) is 11.1 Å². The van der Waals surface area contributed by atoms with Gasteiger partial charge in [0.2, 0.25) is 0 Å². The van der Waals surface area contributed by atoms with Gasteiger partial charge in [-0.2, -0.15) is 0 Å². The fourth-order valence-electron chi connectivity index (χ4n) is 2.44. The maximum atomic E-state index is 14.4. The van der Waals surface area contributed by atoms with Crippen LogP contribution in [0, 0.1) is 48.0 Å². The third-order valence-corrected chi connectivity index (χ3v) is 3.91. The number of terminal acetylenes is 2. The van der Waals surface area contributed by atoms with Crippen LogP contribution >= 0.6 is 0 Å². The van der Waals surface area contributed by atoms with Crippen LogP contribution in [0.5, 0.6) is 0 Å². The lowest BCUT2D eigenvalue weighted by Crippen LogP contribution is -2.08. The number of nitrogens with one attached hydrogen (secondary N) is 2. The summed E-state index contributed by atoms with van der Waals surface area (Å²) in [6.07, 6.45) is 10.5. The molecule has 0 aromatic heterocycles. The van der Waals surface area contributed by atoms with Crippen molar-refractivity contribution >= 4 is 22.7 Å². The lowest BCUT2D eigenvalue weighted by molar-refractivity contribution is 0.465. The van der Waals surface area contributed by atoms with E-state index in [4.69, 9.17) is 12.8 Å². The maximum Gasteiger partial charge on any atom is 0.187 e. The Hall–Kier alpha value is -3.90. The van der Waals surface area contributed by atoms with Crippen LogP contribution in [0.3, 0.4) is 0 Å². The second-order valence-corrected chi connectivity index (χ2v) is 5.70. The van der Waals surface area contributed by atoms with Gasteiger partial charge in [0.1, 0.15) is 11.4 Å². The molecular weight excluding hydrogens is 368 g/mol. The molecule has 3 aromatic carbocycles. The van der Waals surface area contributed by atoms with Gasteiger partial charge >= 0.3 is 0 Å². The molecule has 138 valence electrons. The molecule has 0 atom stereocenters. The minimum absolute atomic E-state index is 0.209. The van der Waals surface area contributed by atoms with Crippen molar-refractivity contribution in [3.05, 3.63) is 82.9 Å². The number of rotatable bonds is 4. The lowest BCUT2D eigenvalue weighted by atomic mass is 10.1. The molecule has 0 unspecified atom stereocenters. The minimum Gasteiger partial charge on any atom is -0.351 e. The summed E-state index contributed by atoms with van der Waals surface area (Å²) in [6.45, 7) is 0. The fraction of sp³-hybridized carbons (Fsp3) is 0. The summed E-state index contributed by atoms with van der Waals surface area (Å²) < 4.78 is 57.6. The molecule has 0 radical (unpaired) electrons. The maximum absolute atomic E-state index is 14.4. The van der Waals surface area contributed by atoms with Gasteiger partial charge in [-0.05, 0) is 48.5 Å². The molecule has 0 spiro atoms. The summed E-state index contributed by atoms with van der Waals surface area (Å²) in [5, 5.41) is 4.66. The van der Waals surface area contributed by atoms with Crippen LogP contribution in [0.25, 0.3) is 0 Å². The van der Waals surface area contributed by atoms with Crippen molar-refractivity contribution in [2.24, 2.45) is 0 Å². The van der Waals surface area contributed by atoms with Crippen molar-refractivity contribution in [3.63, 3.8) is 0 Å². The monoisotopic (exact) mass is 380 g/mol. The molecule has 3 rings (SSSR count). The molecule has 28 heavy (non-hydrogen) atoms. The topological polar surface area (TPSA) is 24.1 Å². The zero-order valence-electron chi connectivity index (χ0n) is 14.3. The average Bonchev–Trinajstić information content (AvgIpc) is 2.73. The minimum atomic E-state index is -1.57. The van der Waals surface area contributed by atoms with E-state index in [1.807, 2.05) is 0 Å². The molecule has 0 bridgehead atoms. The van der Waals surface area contributed by atoms with E-state index in [-0.39, 0.29) is 11.4 Å². The van der Waals surface area contributed by atoms with E-state index in [2.05, 4.69) is 22.5 Å². The smallest absolute Gasteiger partial charge is 0.187 e. The van der Waals surface area contributed by atoms with E-state index in [1.165, 1.54) is 48.5 Å². The Morgan fingerprint density at radius 1 is 0.536 bits per heavy atom. The summed E-state index contributed by atoms with van der Waals surface area (Å²) in [4.78, 5) is 0. The lowest BCUT2D eigenvalue weighted by Gasteiger charge is -2.15. The van der Waals surface area contributed by atoms with Gasteiger partial charge in [0.25, 0.3) is 0 Å². The Morgan fingerprint density at radius 3 is 1.07 bits per heavy atom. The molecule has 0 saturated carbocycles. The van der Waals surface area contributed by atoms with E-state index >= 15 is 0 Å². The summed E-state index contributed by atoms with van der Waals surface area (Å²) in [7, 11) is 0. The van der Waals surface area contributed by atoms with Crippen molar-refractivity contribution in [1.29, 1.82) is 0 Å². The molecule has 0 saturated heterocycles. The van der Waals surface area contributed by atoms with Crippen LogP contribution in [0.1, 0.15) is 11.1 Å². The highest BCUT2D eigenvalue weighted by atomic mass is 19.2. The summed E-state index contributed by atoms with van der Waals surface area (Å²) in [5.74, 6) is -1.50. The number of halogens is 4. The zero-order valence-corrected chi connectivity index (χ0v) is 14.3. The second-order valence-electron chi connectivity index (χ2n) is 5.70. The van der Waals surface area contributed by atoms with Crippen LogP contribution < -0.4 is 10.6 Å². The van der Waals surface area contributed by atoms with Gasteiger partial charge in [0, 0.05) is 22.5 Å². The van der Waals surface area contributed by atoms with Gasteiger partial charge in [-0.15, -0.1) is 12.8 Å². The molecule has 2 nitrogen and oxygen atoms in total. The first kappa shape index (κ1) is 18.9. The van der Waals surface area contributed by atoms with E-state index < -0.39 is 34.6 Å². The zero-order chi connectivity index (χ0) is 20.3. The van der Waals surface area contributed by atoms with Crippen molar-refractivity contribution in [2.45, 2.75) is 0 Å². The third kappa shape index (κ3) is 3.62. The molecule has 0 fully saturated rings. The van der Waals surface area contributed by atoms with Gasteiger partial charge < -0.3 is 10.6 Å². The number of anilines is 4. The normalized spacial score (nSPS) is 10.1. The molecule has 0 aliphatic carbocycles. The van der Waals surface area contributed by atoms with Crippen LogP contribution in [-0.2, 0) is 0 Å². The molecule has 0 heterocycles. The Morgan fingerprint density at radius 2 is 0.821 bits per heavy atom. The number of hydrogen-bond donors (Lipinski definition) is 2. The van der Waals surface area contributed by atoms with Crippen LogP contribution in [0.2, 0.25) is 0 Å². The van der Waals surface area contributed by atoms with Gasteiger partial charge in [0.15, 0.2) is 23.3 Å². The van der Waals surface area contributed by atoms with E-state index in [1.54, 1.807) is 0 Å². The highest BCUT2D eigenvalue weighted by Gasteiger charge is 2.26.